The Balaban J connectivity index is 1.72. The van der Waals surface area contributed by atoms with E-state index < -0.39 is 12.1 Å². The van der Waals surface area contributed by atoms with Gasteiger partial charge in [-0.3, -0.25) is 9.69 Å². The van der Waals surface area contributed by atoms with Crippen molar-refractivity contribution in [2.24, 2.45) is 0 Å². The molecule has 148 valence electrons. The highest BCUT2D eigenvalue weighted by Gasteiger charge is 2.34. The summed E-state index contributed by atoms with van der Waals surface area (Å²) in [5.74, 6) is 0.653. The second kappa shape index (κ2) is 8.75. The van der Waals surface area contributed by atoms with Crippen molar-refractivity contribution in [3.05, 3.63) is 54.1 Å². The van der Waals surface area contributed by atoms with E-state index in [9.17, 15) is 9.59 Å². The Hall–Kier alpha value is -3.06. The zero-order valence-corrected chi connectivity index (χ0v) is 16.3. The molecule has 3 rings (SSSR count). The maximum atomic E-state index is 13.0. The van der Waals surface area contributed by atoms with Crippen molar-refractivity contribution in [3.63, 3.8) is 0 Å². The number of benzene rings is 2. The Kier molecular flexibility index (Phi) is 6.16. The quantitative estimate of drug-likeness (QED) is 0.711. The van der Waals surface area contributed by atoms with Gasteiger partial charge in [0.15, 0.2) is 0 Å². The summed E-state index contributed by atoms with van der Waals surface area (Å²) >= 11 is 0. The first-order chi connectivity index (χ1) is 13.5. The van der Waals surface area contributed by atoms with Gasteiger partial charge in [0.05, 0.1) is 33.0 Å². The van der Waals surface area contributed by atoms with E-state index in [1.165, 1.54) is 7.11 Å². The van der Waals surface area contributed by atoms with E-state index in [0.717, 1.165) is 11.3 Å². The van der Waals surface area contributed by atoms with Crippen molar-refractivity contribution >= 4 is 17.6 Å². The molecule has 2 aromatic rings. The van der Waals surface area contributed by atoms with Crippen LogP contribution in [0.1, 0.15) is 5.56 Å². The third-order valence-corrected chi connectivity index (χ3v) is 4.53. The third-order valence-electron chi connectivity index (χ3n) is 4.53. The van der Waals surface area contributed by atoms with Crippen molar-refractivity contribution in [1.29, 1.82) is 0 Å². The van der Waals surface area contributed by atoms with Crippen LogP contribution >= 0.6 is 0 Å². The molecule has 0 saturated heterocycles. The van der Waals surface area contributed by atoms with Gasteiger partial charge in [-0.05, 0) is 36.9 Å². The number of fused-ring (bicyclic) bond motifs is 1. The topological polar surface area (TPSA) is 68.3 Å². The van der Waals surface area contributed by atoms with Crippen molar-refractivity contribution in [3.8, 4) is 11.5 Å². The molecule has 0 aliphatic carbocycles. The lowest BCUT2D eigenvalue weighted by molar-refractivity contribution is -0.148. The number of ether oxygens (including phenoxy) is 3. The summed E-state index contributed by atoms with van der Waals surface area (Å²) in [4.78, 5) is 28.5. The van der Waals surface area contributed by atoms with Gasteiger partial charge in [-0.15, -0.1) is 0 Å². The number of anilines is 1. The Morgan fingerprint density at radius 2 is 1.96 bits per heavy atom. The third kappa shape index (κ3) is 4.43. The molecule has 0 saturated carbocycles. The lowest BCUT2D eigenvalue weighted by Crippen LogP contribution is -2.49. The number of nitrogens with zero attached hydrogens (tertiary/aromatic N) is 2. The first-order valence-corrected chi connectivity index (χ1v) is 8.97. The van der Waals surface area contributed by atoms with Crippen molar-refractivity contribution < 1.29 is 23.8 Å². The number of carbonyl (C=O) groups excluding carboxylic acids is 2. The molecule has 0 radical (unpaired) electrons. The normalized spacial score (nSPS) is 15.6. The zero-order chi connectivity index (χ0) is 20.1. The SMILES string of the molecule is COC(=O)C1CN(C(=O)CN(C)Cc2cccc(OC)c2)c2ccccc2O1. The molecule has 1 heterocycles. The minimum absolute atomic E-state index is 0.116. The van der Waals surface area contributed by atoms with Crippen LogP contribution in [-0.2, 0) is 20.9 Å². The second-order valence-electron chi connectivity index (χ2n) is 6.63. The van der Waals surface area contributed by atoms with Gasteiger partial charge in [0, 0.05) is 6.54 Å². The summed E-state index contributed by atoms with van der Waals surface area (Å²) < 4.78 is 15.7. The minimum Gasteiger partial charge on any atom is -0.497 e. The molecule has 2 aromatic carbocycles. The number of likely N-dealkylation sites (N-methyl/N-ethyl adjacent to an activating group) is 1. The Morgan fingerprint density at radius 1 is 1.18 bits per heavy atom. The van der Waals surface area contributed by atoms with Gasteiger partial charge in [0.25, 0.3) is 0 Å². The van der Waals surface area contributed by atoms with Crippen LogP contribution in [0.3, 0.4) is 0 Å². The molecule has 1 amide bonds. The fourth-order valence-electron chi connectivity index (χ4n) is 3.18. The molecule has 0 fully saturated rings. The summed E-state index contributed by atoms with van der Waals surface area (Å²) in [7, 11) is 4.81. The largest absolute Gasteiger partial charge is 0.497 e. The molecule has 7 heteroatoms. The fourth-order valence-corrected chi connectivity index (χ4v) is 3.18. The van der Waals surface area contributed by atoms with Crippen molar-refractivity contribution in [2.45, 2.75) is 12.6 Å². The summed E-state index contributed by atoms with van der Waals surface area (Å²) in [6.07, 6.45) is -0.840. The van der Waals surface area contributed by atoms with Gasteiger partial charge in [0.1, 0.15) is 11.5 Å². The molecule has 1 aliphatic rings. The highest BCUT2D eigenvalue weighted by atomic mass is 16.6. The van der Waals surface area contributed by atoms with E-state index in [0.29, 0.717) is 18.0 Å². The molecule has 1 atom stereocenters. The first-order valence-electron chi connectivity index (χ1n) is 8.97. The highest BCUT2D eigenvalue weighted by molar-refractivity contribution is 5.98. The maximum absolute atomic E-state index is 13.0. The highest BCUT2D eigenvalue weighted by Crippen LogP contribution is 2.33. The number of rotatable bonds is 6. The molecule has 1 unspecified atom stereocenters. The van der Waals surface area contributed by atoms with E-state index in [1.807, 2.05) is 48.3 Å². The van der Waals surface area contributed by atoms with Crippen LogP contribution in [0.25, 0.3) is 0 Å². The van der Waals surface area contributed by atoms with Crippen LogP contribution in [0.2, 0.25) is 0 Å². The summed E-state index contributed by atoms with van der Waals surface area (Å²) in [6.45, 7) is 0.907. The minimum atomic E-state index is -0.840. The first kappa shape index (κ1) is 19.7. The van der Waals surface area contributed by atoms with Crippen LogP contribution < -0.4 is 14.4 Å². The Morgan fingerprint density at radius 3 is 2.71 bits per heavy atom. The average Bonchev–Trinajstić information content (AvgIpc) is 2.72. The Bertz CT molecular complexity index is 854. The fraction of sp³-hybridized carbons (Fsp3) is 0.333. The number of methoxy groups -OCH3 is 2. The molecule has 0 aromatic heterocycles. The molecule has 28 heavy (non-hydrogen) atoms. The smallest absolute Gasteiger partial charge is 0.348 e. The lowest BCUT2D eigenvalue weighted by atomic mass is 10.1. The van der Waals surface area contributed by atoms with E-state index >= 15 is 0 Å². The predicted molar refractivity (Wildman–Crippen MR) is 105 cm³/mol. The number of esters is 1. The standard InChI is InChI=1S/C21H24N2O5/c1-22(12-15-7-6-8-16(11-15)26-2)14-20(24)23-13-19(21(25)27-3)28-18-10-5-4-9-17(18)23/h4-11,19H,12-14H2,1-3H3. The zero-order valence-electron chi connectivity index (χ0n) is 16.3. The lowest BCUT2D eigenvalue weighted by Gasteiger charge is -2.34. The number of hydrogen-bond donors (Lipinski definition) is 0. The summed E-state index contributed by atoms with van der Waals surface area (Å²) in [5.41, 5.74) is 1.70. The van der Waals surface area contributed by atoms with Gasteiger partial charge in [0.2, 0.25) is 12.0 Å². The van der Waals surface area contributed by atoms with Crippen molar-refractivity contribution in [1.82, 2.24) is 4.90 Å². The molecule has 0 bridgehead atoms. The van der Waals surface area contributed by atoms with Crippen molar-refractivity contribution in [2.75, 3.05) is 39.3 Å². The van der Waals surface area contributed by atoms with E-state index in [4.69, 9.17) is 14.2 Å². The van der Waals surface area contributed by atoms with E-state index in [-0.39, 0.29) is 19.0 Å². The van der Waals surface area contributed by atoms with Gasteiger partial charge < -0.3 is 19.1 Å². The number of amides is 1. The molecule has 0 N–H and O–H groups in total. The predicted octanol–water partition coefficient (Wildman–Crippen LogP) is 2.09. The molecular weight excluding hydrogens is 360 g/mol. The average molecular weight is 384 g/mol. The van der Waals surface area contributed by atoms with Crippen LogP contribution in [0.15, 0.2) is 48.5 Å². The molecule has 7 nitrogen and oxygen atoms in total. The number of hydrogen-bond acceptors (Lipinski definition) is 6. The van der Waals surface area contributed by atoms with Gasteiger partial charge in [-0.25, -0.2) is 4.79 Å². The Labute approximate surface area is 164 Å². The summed E-state index contributed by atoms with van der Waals surface area (Å²) in [5, 5.41) is 0. The number of carbonyl (C=O) groups is 2. The van der Waals surface area contributed by atoms with Crippen LogP contribution in [0.5, 0.6) is 11.5 Å². The van der Waals surface area contributed by atoms with Gasteiger partial charge >= 0.3 is 5.97 Å². The molecular formula is C21H24N2O5. The van der Waals surface area contributed by atoms with Crippen LogP contribution in [-0.4, -0.2) is 57.2 Å². The molecule has 1 aliphatic heterocycles. The van der Waals surface area contributed by atoms with Gasteiger partial charge in [-0.2, -0.15) is 0 Å². The maximum Gasteiger partial charge on any atom is 0.348 e. The van der Waals surface area contributed by atoms with E-state index in [1.54, 1.807) is 24.1 Å². The number of para-hydroxylation sites is 2. The summed E-state index contributed by atoms with van der Waals surface area (Å²) in [6, 6.07) is 14.9. The second-order valence-corrected chi connectivity index (χ2v) is 6.63. The van der Waals surface area contributed by atoms with Crippen LogP contribution in [0.4, 0.5) is 5.69 Å². The monoisotopic (exact) mass is 384 g/mol. The van der Waals surface area contributed by atoms with Gasteiger partial charge in [-0.1, -0.05) is 24.3 Å². The van der Waals surface area contributed by atoms with Crippen LogP contribution in [0, 0.1) is 0 Å². The molecule has 0 spiro atoms. The van der Waals surface area contributed by atoms with E-state index in [2.05, 4.69) is 0 Å².